The van der Waals surface area contributed by atoms with Gasteiger partial charge >= 0.3 is 5.97 Å². The van der Waals surface area contributed by atoms with Crippen LogP contribution in [0.1, 0.15) is 346 Å². The number of nitrogens with one attached hydrogen (secondary N) is 1. The molecular weight excluding hydrogens is 961 g/mol. The fourth-order valence-corrected chi connectivity index (χ4v) is 12.7. The van der Waals surface area contributed by atoms with Crippen LogP contribution in [0.25, 0.3) is 0 Å². The van der Waals surface area contributed by atoms with Gasteiger partial charge in [0.2, 0.25) is 0 Å². The summed E-state index contributed by atoms with van der Waals surface area (Å²) in [6, 6.07) is 9.98. The van der Waals surface area contributed by atoms with Crippen molar-refractivity contribution in [1.29, 1.82) is 0 Å². The minimum Gasteiger partial charge on any atom is -0.465 e. The third-order valence-electron chi connectivity index (χ3n) is 18.0. The summed E-state index contributed by atoms with van der Waals surface area (Å²) in [5.41, 5.74) is 5.37. The number of aryl methyl sites for hydroxylation is 2. The van der Waals surface area contributed by atoms with Gasteiger partial charge in [-0.05, 0) is 68.5 Å². The molecule has 0 radical (unpaired) electrons. The van der Waals surface area contributed by atoms with E-state index in [4.69, 9.17) is 14.2 Å². The SMILES string of the molecule is COC(=O)c1ccc(C)c(NC(=O)c2cc(N3CCCCCCCCCCCCCCCCCCCCCCCCCCCCCCCCCCCCCCCCCCCCCCCCC4(CC3)OCCO4)ccc2C)c1C. The van der Waals surface area contributed by atoms with Gasteiger partial charge in [-0.15, -0.1) is 0 Å². The Labute approximate surface area is 481 Å². The summed E-state index contributed by atoms with van der Waals surface area (Å²) in [4.78, 5) is 29.2. The quantitative estimate of drug-likeness (QED) is 0.308. The maximum atomic E-state index is 14.1. The third-order valence-corrected chi connectivity index (χ3v) is 18.0. The van der Waals surface area contributed by atoms with Crippen molar-refractivity contribution < 1.29 is 23.8 Å². The van der Waals surface area contributed by atoms with Crippen LogP contribution in [-0.4, -0.2) is 51.1 Å². The lowest BCUT2D eigenvalue weighted by atomic mass is 10.00. The number of hydrogen-bond donors (Lipinski definition) is 1. The van der Waals surface area contributed by atoms with Crippen molar-refractivity contribution in [2.45, 2.75) is 335 Å². The lowest BCUT2D eigenvalue weighted by molar-refractivity contribution is -0.166. The van der Waals surface area contributed by atoms with Gasteiger partial charge in [-0.25, -0.2) is 4.79 Å². The van der Waals surface area contributed by atoms with Gasteiger partial charge in [0.25, 0.3) is 5.91 Å². The highest BCUT2D eigenvalue weighted by Crippen LogP contribution is 2.33. The number of benzene rings is 2. The molecule has 0 bridgehead atoms. The zero-order valence-electron chi connectivity index (χ0n) is 51.6. The first-order valence-corrected chi connectivity index (χ1v) is 34.0. The summed E-state index contributed by atoms with van der Waals surface area (Å²) in [6.45, 7) is 8.89. The van der Waals surface area contributed by atoms with Gasteiger partial charge in [0, 0.05) is 42.9 Å². The lowest BCUT2D eigenvalue weighted by Gasteiger charge is -2.32. The van der Waals surface area contributed by atoms with Crippen LogP contribution in [-0.2, 0) is 14.2 Å². The Balaban J connectivity index is 1.23. The molecule has 7 heteroatoms. The Bertz CT molecular complexity index is 1800. The smallest absolute Gasteiger partial charge is 0.338 e. The molecule has 446 valence electrons. The Morgan fingerprint density at radius 2 is 0.744 bits per heavy atom. The van der Waals surface area contributed by atoms with Crippen LogP contribution in [0.3, 0.4) is 0 Å². The molecule has 7 nitrogen and oxygen atoms in total. The van der Waals surface area contributed by atoms with Crippen LogP contribution >= 0.6 is 0 Å². The molecule has 1 N–H and O–H groups in total. The average Bonchev–Trinajstić information content (AvgIpc) is 3.97. The largest absolute Gasteiger partial charge is 0.465 e. The Hall–Kier alpha value is -2.90. The molecule has 0 aliphatic carbocycles. The van der Waals surface area contributed by atoms with Crippen LogP contribution in [0.5, 0.6) is 0 Å². The van der Waals surface area contributed by atoms with E-state index in [0.29, 0.717) is 35.6 Å². The molecule has 0 saturated carbocycles. The first-order valence-electron chi connectivity index (χ1n) is 34.0. The molecule has 2 aliphatic rings. The predicted octanol–water partition coefficient (Wildman–Crippen LogP) is 21.9. The maximum Gasteiger partial charge on any atom is 0.338 e. The summed E-state index contributed by atoms with van der Waals surface area (Å²) in [5.74, 6) is -1.11. The van der Waals surface area contributed by atoms with Crippen LogP contribution in [0.2, 0.25) is 0 Å². The standard InChI is InChI=1S/C71H122N2O5/c1-62-51-53-65(61-67(62)69(74)72-68-63(2)52-54-66(64(68)3)70(75)76-4)73-57-50-48-46-44-42-40-38-36-34-32-30-28-26-24-22-20-18-16-14-12-10-8-6-5-7-9-11-13-15-17-19-21-23-25-27-29-31-33-35-37-39-41-43-45-47-49-55-71(56-58-73)77-59-60-78-71/h51-54,61H,5-50,55-60H2,1-4H3,(H,72,74). The molecule has 1 amide bonds. The normalized spacial score (nSPS) is 21.3. The Morgan fingerprint density at radius 1 is 0.410 bits per heavy atom. The second-order valence-corrected chi connectivity index (χ2v) is 24.7. The van der Waals surface area contributed by atoms with Gasteiger partial charge in [-0.1, -0.05) is 295 Å². The topological polar surface area (TPSA) is 77.1 Å². The zero-order valence-corrected chi connectivity index (χ0v) is 51.6. The summed E-state index contributed by atoms with van der Waals surface area (Å²) in [6.07, 6.45) is 66.4. The molecule has 2 saturated heterocycles. The Kier molecular flexibility index (Phi) is 38.8. The number of anilines is 2. The zero-order chi connectivity index (χ0) is 55.4. The number of esters is 1. The number of carbonyl (C=O) groups excluding carboxylic acids is 2. The highest BCUT2D eigenvalue weighted by molar-refractivity contribution is 6.07. The number of ether oxygens (including phenoxy) is 3. The number of methoxy groups -OCH3 is 1. The van der Waals surface area contributed by atoms with E-state index in [1.54, 1.807) is 6.07 Å². The molecule has 2 fully saturated rings. The van der Waals surface area contributed by atoms with Crippen molar-refractivity contribution in [2.24, 2.45) is 0 Å². The van der Waals surface area contributed by atoms with E-state index < -0.39 is 11.8 Å². The first-order chi connectivity index (χ1) is 38.3. The van der Waals surface area contributed by atoms with Crippen LogP contribution in [0, 0.1) is 20.8 Å². The number of amides is 1. The number of nitrogens with zero attached hydrogens (tertiary/aromatic N) is 1. The van der Waals surface area contributed by atoms with Crippen molar-refractivity contribution >= 4 is 23.3 Å². The third kappa shape index (κ3) is 30.2. The predicted molar refractivity (Wildman–Crippen MR) is 335 cm³/mol. The lowest BCUT2D eigenvalue weighted by Crippen LogP contribution is -2.37. The molecular formula is C71H122N2O5. The molecule has 1 spiro atoms. The van der Waals surface area contributed by atoms with Crippen LogP contribution in [0.15, 0.2) is 30.3 Å². The summed E-state index contributed by atoms with van der Waals surface area (Å²) in [7, 11) is 1.39. The van der Waals surface area contributed by atoms with Gasteiger partial charge in [0.05, 0.1) is 25.9 Å². The van der Waals surface area contributed by atoms with E-state index in [0.717, 1.165) is 55.6 Å². The van der Waals surface area contributed by atoms with Crippen LogP contribution in [0.4, 0.5) is 11.4 Å². The second-order valence-electron chi connectivity index (χ2n) is 24.7. The Morgan fingerprint density at radius 3 is 1.10 bits per heavy atom. The molecule has 0 unspecified atom stereocenters. The molecule has 78 heavy (non-hydrogen) atoms. The van der Waals surface area contributed by atoms with Crippen molar-refractivity contribution in [2.75, 3.05) is 43.6 Å². The fraction of sp³-hybridized carbons (Fsp3) is 0.803. The van der Waals surface area contributed by atoms with Gasteiger partial charge in [0.1, 0.15) is 0 Å². The van der Waals surface area contributed by atoms with Gasteiger partial charge in [0.15, 0.2) is 5.79 Å². The number of carbonyl (C=O) groups is 2. The van der Waals surface area contributed by atoms with E-state index in [1.807, 2.05) is 26.8 Å². The second kappa shape index (κ2) is 44.7. The molecule has 2 heterocycles. The molecule has 4 rings (SSSR count). The molecule has 2 aliphatic heterocycles. The summed E-state index contributed by atoms with van der Waals surface area (Å²) < 4.78 is 18.0. The highest BCUT2D eigenvalue weighted by Gasteiger charge is 2.36. The van der Waals surface area contributed by atoms with E-state index in [-0.39, 0.29) is 5.91 Å². The minimum atomic E-state index is -0.537. The van der Waals surface area contributed by atoms with Gasteiger partial charge in [-0.3, -0.25) is 4.79 Å². The average molecular weight is 1080 g/mol. The molecule has 0 atom stereocenters. The van der Waals surface area contributed by atoms with Gasteiger partial charge < -0.3 is 24.4 Å². The first kappa shape index (κ1) is 67.6. The van der Waals surface area contributed by atoms with Crippen molar-refractivity contribution in [3.05, 3.63) is 58.1 Å². The molecule has 0 aromatic heterocycles. The van der Waals surface area contributed by atoms with E-state index >= 15 is 0 Å². The van der Waals surface area contributed by atoms with Crippen LogP contribution < -0.4 is 10.2 Å². The van der Waals surface area contributed by atoms with E-state index in [1.165, 1.54) is 290 Å². The fourth-order valence-electron chi connectivity index (χ4n) is 12.7. The molecule has 2 aromatic rings. The van der Waals surface area contributed by atoms with Crippen molar-refractivity contribution in [1.82, 2.24) is 0 Å². The monoisotopic (exact) mass is 1080 g/mol. The minimum absolute atomic E-state index is 0.169. The number of hydrogen-bond acceptors (Lipinski definition) is 6. The molecule has 2 aromatic carbocycles. The van der Waals surface area contributed by atoms with Gasteiger partial charge in [-0.2, -0.15) is 0 Å². The summed E-state index contributed by atoms with van der Waals surface area (Å²) >= 11 is 0. The highest BCUT2D eigenvalue weighted by atomic mass is 16.7. The van der Waals surface area contributed by atoms with Crippen molar-refractivity contribution in [3.63, 3.8) is 0 Å². The van der Waals surface area contributed by atoms with Crippen molar-refractivity contribution in [3.8, 4) is 0 Å². The summed E-state index contributed by atoms with van der Waals surface area (Å²) in [5, 5.41) is 3.18. The maximum absolute atomic E-state index is 14.1. The number of rotatable bonds is 4. The van der Waals surface area contributed by atoms with E-state index in [9.17, 15) is 9.59 Å². The van der Waals surface area contributed by atoms with E-state index in [2.05, 4.69) is 28.4 Å².